The van der Waals surface area contributed by atoms with Crippen LogP contribution in [-0.2, 0) is 11.3 Å². The van der Waals surface area contributed by atoms with Gasteiger partial charge in [0.2, 0.25) is 5.91 Å². The molecule has 4 nitrogen and oxygen atoms in total. The van der Waals surface area contributed by atoms with E-state index < -0.39 is 0 Å². The van der Waals surface area contributed by atoms with E-state index in [1.165, 1.54) is 32.1 Å². The summed E-state index contributed by atoms with van der Waals surface area (Å²) < 4.78 is 0. The summed E-state index contributed by atoms with van der Waals surface area (Å²) in [6.45, 7) is 2.75. The minimum Gasteiger partial charge on any atom is -0.370 e. The predicted octanol–water partition coefficient (Wildman–Crippen LogP) is 2.37. The van der Waals surface area contributed by atoms with Gasteiger partial charge in [0.05, 0.1) is 0 Å². The summed E-state index contributed by atoms with van der Waals surface area (Å²) in [6, 6.07) is 0.210. The molecule has 0 radical (unpaired) electrons. The Labute approximate surface area is 118 Å². The van der Waals surface area contributed by atoms with Crippen molar-refractivity contribution < 1.29 is 4.79 Å². The Morgan fingerprint density at radius 3 is 2.84 bits per heavy atom. The highest BCUT2D eigenvalue weighted by molar-refractivity contribution is 7.09. The van der Waals surface area contributed by atoms with E-state index >= 15 is 0 Å². The van der Waals surface area contributed by atoms with E-state index in [0.717, 1.165) is 17.2 Å². The number of rotatable bonds is 6. The number of nitrogens with zero attached hydrogens (tertiary/aromatic N) is 1. The maximum Gasteiger partial charge on any atom is 0.218 e. The van der Waals surface area contributed by atoms with E-state index in [1.54, 1.807) is 11.3 Å². The predicted molar refractivity (Wildman–Crippen MR) is 77.9 cm³/mol. The SMILES string of the molecule is Cc1csc(CN[C@@H](CC(N)=O)C2CCCCC2)n1. The van der Waals surface area contributed by atoms with Crippen molar-refractivity contribution in [3.63, 3.8) is 0 Å². The van der Waals surface area contributed by atoms with Gasteiger partial charge < -0.3 is 11.1 Å². The summed E-state index contributed by atoms with van der Waals surface area (Å²) >= 11 is 1.67. The lowest BCUT2D eigenvalue weighted by atomic mass is 9.82. The molecular weight excluding hydrogens is 258 g/mol. The highest BCUT2D eigenvalue weighted by Crippen LogP contribution is 2.28. The average molecular weight is 281 g/mol. The standard InChI is InChI=1S/C14H23N3OS/c1-10-9-19-14(17-10)8-16-12(7-13(15)18)11-5-3-2-4-6-11/h9,11-12,16H,2-8H2,1H3,(H2,15,18)/t12-/m0/s1. The van der Waals surface area contributed by atoms with E-state index in [9.17, 15) is 4.79 Å². The molecule has 0 spiro atoms. The van der Waals surface area contributed by atoms with Gasteiger partial charge in [-0.05, 0) is 25.7 Å². The zero-order valence-electron chi connectivity index (χ0n) is 11.5. The molecular formula is C14H23N3OS. The molecule has 1 heterocycles. The monoisotopic (exact) mass is 281 g/mol. The molecule has 0 aromatic carbocycles. The number of amides is 1. The van der Waals surface area contributed by atoms with Crippen molar-refractivity contribution in [2.75, 3.05) is 0 Å². The van der Waals surface area contributed by atoms with Crippen LogP contribution in [-0.4, -0.2) is 16.9 Å². The molecule has 0 bridgehead atoms. The third-order valence-corrected chi connectivity index (χ3v) is 4.79. The number of aryl methyl sites for hydroxylation is 1. The first-order valence-corrected chi connectivity index (χ1v) is 7.96. The van der Waals surface area contributed by atoms with Crippen LogP contribution in [0.4, 0.5) is 0 Å². The molecule has 0 saturated heterocycles. The fraction of sp³-hybridized carbons (Fsp3) is 0.714. The van der Waals surface area contributed by atoms with Crippen molar-refractivity contribution in [1.82, 2.24) is 10.3 Å². The van der Waals surface area contributed by atoms with Crippen LogP contribution >= 0.6 is 11.3 Å². The van der Waals surface area contributed by atoms with Crippen molar-refractivity contribution in [2.24, 2.45) is 11.7 Å². The van der Waals surface area contributed by atoms with Gasteiger partial charge in [0.15, 0.2) is 0 Å². The Morgan fingerprint density at radius 2 is 2.26 bits per heavy atom. The fourth-order valence-corrected chi connectivity index (χ4v) is 3.58. The minimum atomic E-state index is -0.210. The van der Waals surface area contributed by atoms with Gasteiger partial charge in [-0.3, -0.25) is 4.79 Å². The Bertz CT molecular complexity index is 413. The summed E-state index contributed by atoms with van der Waals surface area (Å²) in [6.07, 6.45) is 6.74. The Balaban J connectivity index is 1.90. The van der Waals surface area contributed by atoms with Crippen LogP contribution in [0.1, 0.15) is 49.2 Å². The summed E-state index contributed by atoms with van der Waals surface area (Å²) in [7, 11) is 0. The van der Waals surface area contributed by atoms with Crippen molar-refractivity contribution in [2.45, 2.75) is 58.0 Å². The van der Waals surface area contributed by atoms with Crippen LogP contribution in [0.3, 0.4) is 0 Å². The molecule has 1 aliphatic carbocycles. The number of nitrogens with one attached hydrogen (secondary N) is 1. The molecule has 1 fully saturated rings. The van der Waals surface area contributed by atoms with E-state index in [1.807, 2.05) is 6.92 Å². The summed E-state index contributed by atoms with van der Waals surface area (Å²) in [5, 5.41) is 6.64. The summed E-state index contributed by atoms with van der Waals surface area (Å²) in [5.74, 6) is 0.376. The van der Waals surface area contributed by atoms with Gasteiger partial charge in [-0.1, -0.05) is 19.3 Å². The van der Waals surface area contributed by atoms with Gasteiger partial charge in [0, 0.05) is 30.1 Å². The third kappa shape index (κ3) is 4.58. The second-order valence-electron chi connectivity index (χ2n) is 5.44. The van der Waals surface area contributed by atoms with Gasteiger partial charge in [-0.25, -0.2) is 4.98 Å². The molecule has 1 atom stereocenters. The maximum atomic E-state index is 11.2. The highest BCUT2D eigenvalue weighted by Gasteiger charge is 2.24. The minimum absolute atomic E-state index is 0.210. The molecule has 1 saturated carbocycles. The van der Waals surface area contributed by atoms with Gasteiger partial charge >= 0.3 is 0 Å². The molecule has 0 aliphatic heterocycles. The smallest absolute Gasteiger partial charge is 0.218 e. The van der Waals surface area contributed by atoms with E-state index in [2.05, 4.69) is 15.7 Å². The van der Waals surface area contributed by atoms with E-state index in [-0.39, 0.29) is 11.9 Å². The molecule has 3 N–H and O–H groups in total. The Morgan fingerprint density at radius 1 is 1.53 bits per heavy atom. The molecule has 0 unspecified atom stereocenters. The van der Waals surface area contributed by atoms with E-state index in [0.29, 0.717) is 12.3 Å². The van der Waals surface area contributed by atoms with Gasteiger partial charge in [-0.15, -0.1) is 11.3 Å². The van der Waals surface area contributed by atoms with Crippen LogP contribution in [0.15, 0.2) is 5.38 Å². The number of aromatic nitrogens is 1. The Hall–Kier alpha value is -0.940. The maximum absolute atomic E-state index is 11.2. The number of hydrogen-bond donors (Lipinski definition) is 2. The Kier molecular flexibility index (Phi) is 5.34. The third-order valence-electron chi connectivity index (χ3n) is 3.82. The van der Waals surface area contributed by atoms with Gasteiger partial charge in [0.25, 0.3) is 0 Å². The lowest BCUT2D eigenvalue weighted by molar-refractivity contribution is -0.118. The van der Waals surface area contributed by atoms with Crippen molar-refractivity contribution >= 4 is 17.2 Å². The number of carbonyl (C=O) groups excluding carboxylic acids is 1. The lowest BCUT2D eigenvalue weighted by Crippen LogP contribution is -2.40. The van der Waals surface area contributed by atoms with Crippen molar-refractivity contribution in [3.8, 4) is 0 Å². The number of carbonyl (C=O) groups is 1. The number of nitrogens with two attached hydrogens (primary N) is 1. The summed E-state index contributed by atoms with van der Waals surface area (Å²) in [5.41, 5.74) is 6.44. The molecule has 19 heavy (non-hydrogen) atoms. The fourth-order valence-electron chi connectivity index (χ4n) is 2.86. The normalized spacial score (nSPS) is 18.4. The second-order valence-corrected chi connectivity index (χ2v) is 6.38. The molecule has 1 aromatic rings. The molecule has 1 aliphatic rings. The van der Waals surface area contributed by atoms with Crippen molar-refractivity contribution in [1.29, 1.82) is 0 Å². The van der Waals surface area contributed by atoms with E-state index in [4.69, 9.17) is 5.73 Å². The van der Waals surface area contributed by atoms with Crippen LogP contribution in [0, 0.1) is 12.8 Å². The second kappa shape index (κ2) is 7.01. The van der Waals surface area contributed by atoms with Gasteiger partial charge in [0.1, 0.15) is 5.01 Å². The lowest BCUT2D eigenvalue weighted by Gasteiger charge is -2.30. The van der Waals surface area contributed by atoms with Crippen molar-refractivity contribution in [3.05, 3.63) is 16.1 Å². The zero-order valence-corrected chi connectivity index (χ0v) is 12.3. The van der Waals surface area contributed by atoms with Crippen LogP contribution in [0.2, 0.25) is 0 Å². The van der Waals surface area contributed by atoms with Crippen LogP contribution in [0.5, 0.6) is 0 Å². The summed E-state index contributed by atoms with van der Waals surface area (Å²) in [4.78, 5) is 15.7. The molecule has 2 rings (SSSR count). The largest absolute Gasteiger partial charge is 0.370 e. The first-order valence-electron chi connectivity index (χ1n) is 7.08. The quantitative estimate of drug-likeness (QED) is 0.841. The number of hydrogen-bond acceptors (Lipinski definition) is 4. The highest BCUT2D eigenvalue weighted by atomic mass is 32.1. The topological polar surface area (TPSA) is 68.0 Å². The molecule has 106 valence electrons. The molecule has 1 amide bonds. The molecule has 5 heteroatoms. The molecule has 1 aromatic heterocycles. The van der Waals surface area contributed by atoms with Crippen LogP contribution < -0.4 is 11.1 Å². The zero-order chi connectivity index (χ0) is 13.7. The average Bonchev–Trinajstić information content (AvgIpc) is 2.81. The number of thiazole rings is 1. The number of primary amides is 1. The van der Waals surface area contributed by atoms with Crippen LogP contribution in [0.25, 0.3) is 0 Å². The van der Waals surface area contributed by atoms with Gasteiger partial charge in [-0.2, -0.15) is 0 Å². The first-order chi connectivity index (χ1) is 9.15. The first kappa shape index (κ1) is 14.5.